The average Bonchev–Trinajstić information content (AvgIpc) is 2.70. The zero-order valence-electron chi connectivity index (χ0n) is 15.5. The third-order valence-corrected chi connectivity index (χ3v) is 4.67. The summed E-state index contributed by atoms with van der Waals surface area (Å²) in [6, 6.07) is 29.1. The van der Waals surface area contributed by atoms with Gasteiger partial charge in [-0.25, -0.2) is 9.98 Å². The number of benzene rings is 3. The van der Waals surface area contributed by atoms with Gasteiger partial charge in [0.15, 0.2) is 5.84 Å². The van der Waals surface area contributed by atoms with E-state index in [0.29, 0.717) is 0 Å². The third kappa shape index (κ3) is 4.12. The van der Waals surface area contributed by atoms with Crippen LogP contribution in [0.3, 0.4) is 0 Å². The van der Waals surface area contributed by atoms with Gasteiger partial charge in [-0.3, -0.25) is 0 Å². The van der Waals surface area contributed by atoms with Crippen molar-refractivity contribution in [2.45, 2.75) is 19.8 Å². The molecule has 1 aliphatic rings. The van der Waals surface area contributed by atoms with Crippen molar-refractivity contribution in [1.82, 2.24) is 0 Å². The van der Waals surface area contributed by atoms with Gasteiger partial charge in [0, 0.05) is 5.56 Å². The molecule has 1 heterocycles. The number of aliphatic imine (C=N–C) groups is 2. The van der Waals surface area contributed by atoms with Crippen LogP contribution in [0.1, 0.15) is 35.1 Å². The summed E-state index contributed by atoms with van der Waals surface area (Å²) >= 11 is 0. The first-order valence-corrected chi connectivity index (χ1v) is 9.34. The minimum atomic E-state index is 0.765. The summed E-state index contributed by atoms with van der Waals surface area (Å²) in [7, 11) is 0. The van der Waals surface area contributed by atoms with Crippen LogP contribution in [0.4, 0.5) is 0 Å². The fraction of sp³-hybridized carbons (Fsp3) is 0.120. The second-order valence-corrected chi connectivity index (χ2v) is 6.72. The maximum Gasteiger partial charge on any atom is 0.160 e. The average molecular weight is 350 g/mol. The molecule has 0 aliphatic carbocycles. The van der Waals surface area contributed by atoms with E-state index in [2.05, 4.69) is 61.5 Å². The number of allylic oxidation sites excluding steroid dienone is 1. The van der Waals surface area contributed by atoms with E-state index < -0.39 is 0 Å². The van der Waals surface area contributed by atoms with E-state index in [9.17, 15) is 0 Å². The number of hydrogen-bond donors (Lipinski definition) is 0. The maximum atomic E-state index is 5.01. The van der Waals surface area contributed by atoms with Gasteiger partial charge >= 0.3 is 0 Å². The molecule has 3 aromatic rings. The van der Waals surface area contributed by atoms with Crippen molar-refractivity contribution in [2.24, 2.45) is 9.98 Å². The molecule has 0 radical (unpaired) electrons. The van der Waals surface area contributed by atoms with Crippen molar-refractivity contribution in [3.63, 3.8) is 0 Å². The largest absolute Gasteiger partial charge is 0.232 e. The number of amidine groups is 1. The Balaban J connectivity index is 1.81. The molecule has 2 heteroatoms. The molecule has 0 N–H and O–H groups in total. The fourth-order valence-electron chi connectivity index (χ4n) is 3.18. The SMILES string of the molecule is Cc1ccc(/C2=N/C(c3ccccc3)=N\C(c3ccccc3)=C/CC2)cc1. The van der Waals surface area contributed by atoms with Crippen LogP contribution in [0.2, 0.25) is 0 Å². The summed E-state index contributed by atoms with van der Waals surface area (Å²) in [5.41, 5.74) is 6.65. The Bertz CT molecular complexity index is 995. The normalized spacial score (nSPS) is 20.3. The molecule has 0 amide bonds. The van der Waals surface area contributed by atoms with Crippen LogP contribution < -0.4 is 0 Å². The van der Waals surface area contributed by atoms with Gasteiger partial charge in [-0.1, -0.05) is 96.6 Å². The zero-order valence-corrected chi connectivity index (χ0v) is 15.5. The van der Waals surface area contributed by atoms with Crippen molar-refractivity contribution >= 4 is 17.2 Å². The molecule has 0 unspecified atom stereocenters. The first-order chi connectivity index (χ1) is 13.3. The Morgan fingerprint density at radius 1 is 0.630 bits per heavy atom. The summed E-state index contributed by atoms with van der Waals surface area (Å²) in [4.78, 5) is 9.97. The predicted molar refractivity (Wildman–Crippen MR) is 114 cm³/mol. The minimum absolute atomic E-state index is 0.765. The highest BCUT2D eigenvalue weighted by atomic mass is 14.9. The molecule has 0 aromatic heterocycles. The van der Waals surface area contributed by atoms with Gasteiger partial charge in [-0.15, -0.1) is 0 Å². The van der Waals surface area contributed by atoms with Crippen LogP contribution in [-0.4, -0.2) is 11.5 Å². The van der Waals surface area contributed by atoms with Crippen LogP contribution in [-0.2, 0) is 0 Å². The monoisotopic (exact) mass is 350 g/mol. The molecule has 3 aromatic carbocycles. The molecule has 132 valence electrons. The summed E-state index contributed by atoms with van der Waals surface area (Å²) in [5.74, 6) is 0.765. The fourth-order valence-corrected chi connectivity index (χ4v) is 3.18. The second kappa shape index (κ2) is 7.96. The first-order valence-electron chi connectivity index (χ1n) is 9.34. The van der Waals surface area contributed by atoms with E-state index in [0.717, 1.165) is 41.2 Å². The summed E-state index contributed by atoms with van der Waals surface area (Å²) in [6.07, 6.45) is 4.04. The number of rotatable bonds is 3. The van der Waals surface area contributed by atoms with Gasteiger partial charge in [-0.05, 0) is 30.9 Å². The van der Waals surface area contributed by atoms with Crippen LogP contribution in [0.25, 0.3) is 5.70 Å². The molecule has 0 fully saturated rings. The molecule has 2 nitrogen and oxygen atoms in total. The molecular formula is C25H22N2. The van der Waals surface area contributed by atoms with Crippen molar-refractivity contribution < 1.29 is 0 Å². The smallest absolute Gasteiger partial charge is 0.160 e. The van der Waals surface area contributed by atoms with Gasteiger partial charge in [0.05, 0.1) is 11.4 Å². The lowest BCUT2D eigenvalue weighted by atomic mass is 10.0. The third-order valence-electron chi connectivity index (χ3n) is 4.67. The molecular weight excluding hydrogens is 328 g/mol. The van der Waals surface area contributed by atoms with E-state index in [-0.39, 0.29) is 0 Å². The Hall–Kier alpha value is -3.26. The lowest BCUT2D eigenvalue weighted by Gasteiger charge is -2.13. The molecule has 1 aliphatic heterocycles. The van der Waals surface area contributed by atoms with Crippen molar-refractivity contribution in [3.05, 3.63) is 113 Å². The minimum Gasteiger partial charge on any atom is -0.232 e. The number of aryl methyl sites for hydroxylation is 1. The Labute approximate surface area is 160 Å². The van der Waals surface area contributed by atoms with Crippen LogP contribution >= 0.6 is 0 Å². The van der Waals surface area contributed by atoms with Crippen LogP contribution in [0.5, 0.6) is 0 Å². The molecule has 27 heavy (non-hydrogen) atoms. The Morgan fingerprint density at radius 2 is 1.26 bits per heavy atom. The maximum absolute atomic E-state index is 5.01. The molecule has 0 spiro atoms. The predicted octanol–water partition coefficient (Wildman–Crippen LogP) is 6.07. The van der Waals surface area contributed by atoms with E-state index in [1.54, 1.807) is 0 Å². The van der Waals surface area contributed by atoms with Gasteiger partial charge in [0.2, 0.25) is 0 Å². The van der Waals surface area contributed by atoms with E-state index in [1.807, 2.05) is 36.4 Å². The van der Waals surface area contributed by atoms with Gasteiger partial charge in [-0.2, -0.15) is 0 Å². The van der Waals surface area contributed by atoms with Crippen LogP contribution in [0, 0.1) is 6.92 Å². The van der Waals surface area contributed by atoms with E-state index in [4.69, 9.17) is 9.98 Å². The van der Waals surface area contributed by atoms with Crippen molar-refractivity contribution in [3.8, 4) is 0 Å². The summed E-state index contributed by atoms with van der Waals surface area (Å²) in [5, 5.41) is 0. The standard InChI is InChI=1S/C25H22N2/c1-19-15-17-21(18-16-19)24-14-8-13-23(20-9-4-2-5-10-20)26-25(27-24)22-11-6-3-7-12-22/h2-7,9-13,15-18H,8,14H2,1H3/b23-13-,26-25-,27-24+. The van der Waals surface area contributed by atoms with Crippen molar-refractivity contribution in [2.75, 3.05) is 0 Å². The lowest BCUT2D eigenvalue weighted by molar-refractivity contribution is 1.08. The Morgan fingerprint density at radius 3 is 1.93 bits per heavy atom. The number of hydrogen-bond acceptors (Lipinski definition) is 2. The topological polar surface area (TPSA) is 24.7 Å². The zero-order chi connectivity index (χ0) is 18.5. The van der Waals surface area contributed by atoms with Crippen molar-refractivity contribution in [1.29, 1.82) is 0 Å². The molecule has 4 rings (SSSR count). The highest BCUT2D eigenvalue weighted by Gasteiger charge is 2.12. The summed E-state index contributed by atoms with van der Waals surface area (Å²) in [6.45, 7) is 2.11. The van der Waals surface area contributed by atoms with Gasteiger partial charge in [0.1, 0.15) is 0 Å². The van der Waals surface area contributed by atoms with E-state index in [1.165, 1.54) is 11.1 Å². The first kappa shape index (κ1) is 17.2. The van der Waals surface area contributed by atoms with E-state index >= 15 is 0 Å². The highest BCUT2D eigenvalue weighted by molar-refractivity contribution is 6.13. The highest BCUT2D eigenvalue weighted by Crippen LogP contribution is 2.22. The number of nitrogens with zero attached hydrogens (tertiary/aromatic N) is 2. The van der Waals surface area contributed by atoms with Gasteiger partial charge in [0.25, 0.3) is 0 Å². The quantitative estimate of drug-likeness (QED) is 0.548. The second-order valence-electron chi connectivity index (χ2n) is 6.72. The molecule has 0 atom stereocenters. The lowest BCUT2D eigenvalue weighted by Crippen LogP contribution is -2.09. The van der Waals surface area contributed by atoms with Gasteiger partial charge < -0.3 is 0 Å². The molecule has 0 bridgehead atoms. The van der Waals surface area contributed by atoms with Crippen LogP contribution in [0.15, 0.2) is 101 Å². The summed E-state index contributed by atoms with van der Waals surface area (Å²) < 4.78 is 0. The Kier molecular flexibility index (Phi) is 5.06. The molecule has 0 saturated carbocycles. The molecule has 0 saturated heterocycles.